The van der Waals surface area contributed by atoms with E-state index in [0.29, 0.717) is 17.3 Å². The molecule has 0 saturated heterocycles. The number of hydrogen-bond acceptors (Lipinski definition) is 3. The van der Waals surface area contributed by atoms with Gasteiger partial charge in [-0.3, -0.25) is 0 Å². The average Bonchev–Trinajstić information content (AvgIpc) is 2.68. The van der Waals surface area contributed by atoms with Gasteiger partial charge in [0.05, 0.1) is 0 Å². The van der Waals surface area contributed by atoms with Gasteiger partial charge >= 0.3 is 0 Å². The second kappa shape index (κ2) is 6.65. The number of nitrogens with zero attached hydrogens (tertiary/aromatic N) is 2. The van der Waals surface area contributed by atoms with E-state index in [9.17, 15) is 5.26 Å². The van der Waals surface area contributed by atoms with Crippen LogP contribution in [-0.2, 0) is 12.8 Å². The highest BCUT2D eigenvalue weighted by atomic mass is 14.9. The summed E-state index contributed by atoms with van der Waals surface area (Å²) in [5.74, 6) is 0.949. The first-order valence-electron chi connectivity index (χ1n) is 9.04. The van der Waals surface area contributed by atoms with E-state index in [2.05, 4.69) is 54.4 Å². The van der Waals surface area contributed by atoms with Gasteiger partial charge in [-0.05, 0) is 47.4 Å². The van der Waals surface area contributed by atoms with E-state index in [-0.39, 0.29) is 0 Å². The number of aryl methyl sites for hydroxylation is 1. The zero-order valence-electron chi connectivity index (χ0n) is 14.9. The molecule has 1 aromatic heterocycles. The van der Waals surface area contributed by atoms with Crippen LogP contribution >= 0.6 is 0 Å². The van der Waals surface area contributed by atoms with Crippen LogP contribution in [0.15, 0.2) is 54.6 Å². The lowest BCUT2D eigenvalue weighted by atomic mass is 9.82. The number of aromatic nitrogens is 1. The maximum absolute atomic E-state index is 9.69. The zero-order valence-corrected chi connectivity index (χ0v) is 14.9. The van der Waals surface area contributed by atoms with Gasteiger partial charge in [0.1, 0.15) is 17.5 Å². The van der Waals surface area contributed by atoms with E-state index in [0.717, 1.165) is 41.6 Å². The summed E-state index contributed by atoms with van der Waals surface area (Å²) >= 11 is 0. The van der Waals surface area contributed by atoms with E-state index in [1.54, 1.807) is 0 Å². The molecule has 1 heterocycles. The molecule has 3 nitrogen and oxygen atoms in total. The average molecular weight is 339 g/mol. The number of nitrogen functional groups attached to an aromatic ring is 1. The molecule has 0 amide bonds. The highest BCUT2D eigenvalue weighted by molar-refractivity contribution is 5.80. The summed E-state index contributed by atoms with van der Waals surface area (Å²) < 4.78 is 0. The molecule has 1 aliphatic rings. The Hall–Kier alpha value is -3.12. The molecule has 1 aliphatic carbocycles. The first kappa shape index (κ1) is 16.4. The van der Waals surface area contributed by atoms with E-state index in [1.165, 1.54) is 11.1 Å². The topological polar surface area (TPSA) is 62.7 Å². The summed E-state index contributed by atoms with van der Waals surface area (Å²) in [6, 6.07) is 21.0. The Labute approximate surface area is 154 Å². The van der Waals surface area contributed by atoms with Gasteiger partial charge in [-0.25, -0.2) is 4.98 Å². The molecule has 0 spiro atoms. The first-order chi connectivity index (χ1) is 12.7. The van der Waals surface area contributed by atoms with Crippen LogP contribution in [0.1, 0.15) is 30.2 Å². The Bertz CT molecular complexity index is 983. The lowest BCUT2D eigenvalue weighted by molar-refractivity contribution is 0.495. The minimum atomic E-state index is 0.350. The van der Waals surface area contributed by atoms with Crippen LogP contribution in [0.2, 0.25) is 0 Å². The number of benzene rings is 2. The fourth-order valence-electron chi connectivity index (χ4n) is 3.84. The third kappa shape index (κ3) is 2.84. The highest BCUT2D eigenvalue weighted by Crippen LogP contribution is 2.37. The van der Waals surface area contributed by atoms with Crippen molar-refractivity contribution in [3.8, 4) is 28.3 Å². The number of pyridine rings is 1. The van der Waals surface area contributed by atoms with Gasteiger partial charge in [0.2, 0.25) is 0 Å². The Morgan fingerprint density at radius 1 is 1.00 bits per heavy atom. The number of hydrogen-bond donors (Lipinski definition) is 1. The van der Waals surface area contributed by atoms with Gasteiger partial charge in [-0.2, -0.15) is 5.26 Å². The number of rotatable bonds is 2. The van der Waals surface area contributed by atoms with Crippen LogP contribution < -0.4 is 5.73 Å². The Morgan fingerprint density at radius 2 is 1.65 bits per heavy atom. The molecular weight excluding hydrogens is 318 g/mol. The van der Waals surface area contributed by atoms with E-state index < -0.39 is 0 Å². The van der Waals surface area contributed by atoms with Crippen molar-refractivity contribution in [2.24, 2.45) is 5.92 Å². The van der Waals surface area contributed by atoms with Gasteiger partial charge in [0.25, 0.3) is 0 Å². The molecule has 0 radical (unpaired) electrons. The summed E-state index contributed by atoms with van der Waals surface area (Å²) in [4.78, 5) is 4.53. The summed E-state index contributed by atoms with van der Waals surface area (Å²) in [7, 11) is 0. The van der Waals surface area contributed by atoms with Crippen molar-refractivity contribution in [3.05, 3.63) is 71.4 Å². The normalized spacial score (nSPS) is 15.9. The van der Waals surface area contributed by atoms with Gasteiger partial charge in [-0.15, -0.1) is 0 Å². The number of fused-ring (bicyclic) bond motifs is 1. The fourth-order valence-corrected chi connectivity index (χ4v) is 3.84. The summed E-state index contributed by atoms with van der Waals surface area (Å²) in [5, 5.41) is 9.69. The van der Waals surface area contributed by atoms with Crippen LogP contribution in [0.5, 0.6) is 0 Å². The lowest BCUT2D eigenvalue weighted by Crippen LogP contribution is -2.16. The number of nitrogens with two attached hydrogens (primary N) is 1. The maximum atomic E-state index is 9.69. The van der Waals surface area contributed by atoms with Crippen molar-refractivity contribution in [1.82, 2.24) is 4.98 Å². The molecule has 0 aliphatic heterocycles. The van der Waals surface area contributed by atoms with Gasteiger partial charge in [0, 0.05) is 11.3 Å². The molecule has 1 atom stereocenters. The monoisotopic (exact) mass is 339 g/mol. The second-order valence-electron chi connectivity index (χ2n) is 7.08. The molecule has 3 aromatic rings. The quantitative estimate of drug-likeness (QED) is 0.715. The van der Waals surface area contributed by atoms with Crippen LogP contribution in [0.4, 0.5) is 5.82 Å². The smallest absolute Gasteiger partial charge is 0.142 e. The van der Waals surface area contributed by atoms with Crippen molar-refractivity contribution in [3.63, 3.8) is 0 Å². The first-order valence-corrected chi connectivity index (χ1v) is 9.04. The molecule has 128 valence electrons. The summed E-state index contributed by atoms with van der Waals surface area (Å²) in [5.41, 5.74) is 13.2. The Morgan fingerprint density at radius 3 is 2.35 bits per heavy atom. The molecule has 3 heteroatoms. The van der Waals surface area contributed by atoms with Crippen molar-refractivity contribution >= 4 is 5.82 Å². The van der Waals surface area contributed by atoms with Crippen LogP contribution in [0.25, 0.3) is 22.3 Å². The Balaban J connectivity index is 1.85. The van der Waals surface area contributed by atoms with Gasteiger partial charge in [-0.1, -0.05) is 61.5 Å². The standard InChI is InChI=1S/C23H21N3/c1-15-7-12-21-19(13-15)22(20(14-24)23(25)26-21)18-10-8-17(9-11-18)16-5-3-2-4-6-16/h2-6,8-11,15H,7,12-13H2,1H3,(H2,25,26). The minimum Gasteiger partial charge on any atom is -0.383 e. The van der Waals surface area contributed by atoms with E-state index in [4.69, 9.17) is 5.73 Å². The highest BCUT2D eigenvalue weighted by Gasteiger charge is 2.24. The van der Waals surface area contributed by atoms with Gasteiger partial charge < -0.3 is 5.73 Å². The third-order valence-electron chi connectivity index (χ3n) is 5.23. The van der Waals surface area contributed by atoms with Crippen LogP contribution in [0, 0.1) is 17.2 Å². The van der Waals surface area contributed by atoms with Crippen molar-refractivity contribution in [1.29, 1.82) is 5.26 Å². The predicted molar refractivity (Wildman–Crippen MR) is 105 cm³/mol. The van der Waals surface area contributed by atoms with Crippen LogP contribution in [0.3, 0.4) is 0 Å². The minimum absolute atomic E-state index is 0.350. The molecule has 26 heavy (non-hydrogen) atoms. The molecule has 0 fully saturated rings. The molecule has 4 rings (SSSR count). The molecule has 2 N–H and O–H groups in total. The number of nitriles is 1. The van der Waals surface area contributed by atoms with Crippen LogP contribution in [-0.4, -0.2) is 4.98 Å². The molecule has 1 unspecified atom stereocenters. The van der Waals surface area contributed by atoms with Crippen molar-refractivity contribution in [2.45, 2.75) is 26.2 Å². The fraction of sp³-hybridized carbons (Fsp3) is 0.217. The summed E-state index contributed by atoms with van der Waals surface area (Å²) in [6.45, 7) is 2.26. The zero-order chi connectivity index (χ0) is 18.1. The maximum Gasteiger partial charge on any atom is 0.142 e. The molecular formula is C23H21N3. The van der Waals surface area contributed by atoms with E-state index >= 15 is 0 Å². The lowest BCUT2D eigenvalue weighted by Gasteiger charge is -2.25. The molecule has 0 saturated carbocycles. The Kier molecular flexibility index (Phi) is 4.18. The number of anilines is 1. The third-order valence-corrected chi connectivity index (χ3v) is 5.23. The SMILES string of the molecule is CC1CCc2nc(N)c(C#N)c(-c3ccc(-c4ccccc4)cc3)c2C1. The largest absolute Gasteiger partial charge is 0.383 e. The molecule has 2 aromatic carbocycles. The molecule has 0 bridgehead atoms. The predicted octanol–water partition coefficient (Wildman–Crippen LogP) is 4.99. The van der Waals surface area contributed by atoms with Crippen molar-refractivity contribution in [2.75, 3.05) is 5.73 Å². The van der Waals surface area contributed by atoms with Gasteiger partial charge in [0.15, 0.2) is 0 Å². The summed E-state index contributed by atoms with van der Waals surface area (Å²) in [6.07, 6.45) is 3.01. The van der Waals surface area contributed by atoms with E-state index in [1.807, 2.05) is 18.2 Å². The second-order valence-corrected chi connectivity index (χ2v) is 7.08. The van der Waals surface area contributed by atoms with Crippen molar-refractivity contribution < 1.29 is 0 Å².